The maximum atomic E-state index is 11.8. The van der Waals surface area contributed by atoms with Crippen LogP contribution in [-0.2, 0) is 20.3 Å². The third-order valence-corrected chi connectivity index (χ3v) is 5.14. The quantitative estimate of drug-likeness (QED) is 0.567. The molecule has 2 rings (SSSR count). The molecule has 1 unspecified atom stereocenters. The first-order valence-corrected chi connectivity index (χ1v) is 9.45. The minimum absolute atomic E-state index is 0.0785. The Bertz CT molecular complexity index is 750. The molecule has 0 bridgehead atoms. The van der Waals surface area contributed by atoms with Gasteiger partial charge in [-0.15, -0.1) is 0 Å². The molecule has 0 saturated heterocycles. The van der Waals surface area contributed by atoms with E-state index in [1.54, 1.807) is 0 Å². The number of aryl methyl sites for hydroxylation is 1. The van der Waals surface area contributed by atoms with Crippen molar-refractivity contribution in [3.8, 4) is 11.5 Å². The van der Waals surface area contributed by atoms with Crippen LogP contribution in [0.1, 0.15) is 18.9 Å². The molecule has 134 valence electrons. The molecule has 2 aromatic rings. The van der Waals surface area contributed by atoms with Gasteiger partial charge in [-0.3, -0.25) is 14.0 Å². The van der Waals surface area contributed by atoms with Crippen LogP contribution in [0.3, 0.4) is 0 Å². The van der Waals surface area contributed by atoms with Gasteiger partial charge in [-0.05, 0) is 42.7 Å². The monoisotopic (exact) mass is 363 g/mol. The van der Waals surface area contributed by atoms with Crippen molar-refractivity contribution in [1.82, 2.24) is 4.67 Å². The largest absolute Gasteiger partial charge is 0.457 e. The summed E-state index contributed by atoms with van der Waals surface area (Å²) in [4.78, 5) is 20.8. The highest BCUT2D eigenvalue weighted by Crippen LogP contribution is 2.45. The Kier molecular flexibility index (Phi) is 6.76. The molecule has 0 aliphatic heterocycles. The zero-order valence-electron chi connectivity index (χ0n) is 14.3. The number of carbonyl (C=O) groups excluding carboxylic acids is 1. The lowest BCUT2D eigenvalue weighted by Gasteiger charge is -2.20. The molecule has 2 aromatic carbocycles. The van der Waals surface area contributed by atoms with E-state index in [9.17, 15) is 14.3 Å². The molecule has 1 N–H and O–H groups in total. The Morgan fingerprint density at radius 1 is 1.12 bits per heavy atom. The van der Waals surface area contributed by atoms with Crippen LogP contribution < -0.4 is 4.74 Å². The fourth-order valence-corrected chi connectivity index (χ4v) is 3.01. The lowest BCUT2D eigenvalue weighted by Crippen LogP contribution is -2.21. The Morgan fingerprint density at radius 2 is 1.80 bits per heavy atom. The van der Waals surface area contributed by atoms with E-state index in [1.165, 1.54) is 14.0 Å². The molecule has 0 radical (unpaired) electrons. The van der Waals surface area contributed by atoms with Crippen LogP contribution in [-0.4, -0.2) is 29.1 Å². The van der Waals surface area contributed by atoms with Gasteiger partial charge in [0.05, 0.1) is 6.61 Å². The van der Waals surface area contributed by atoms with Crippen molar-refractivity contribution >= 4 is 13.7 Å². The summed E-state index contributed by atoms with van der Waals surface area (Å²) in [6.45, 7) is 1.29. The predicted molar refractivity (Wildman–Crippen MR) is 95.5 cm³/mol. The number of ether oxygens (including phenoxy) is 1. The second-order valence-corrected chi connectivity index (χ2v) is 7.37. The molecular formula is C18H22NO5P. The summed E-state index contributed by atoms with van der Waals surface area (Å²) in [5.74, 6) is 0.974. The van der Waals surface area contributed by atoms with Crippen molar-refractivity contribution in [1.29, 1.82) is 0 Å². The second-order valence-electron chi connectivity index (χ2n) is 5.53. The standard InChI is InChI=1S/C18H22NO5P/c1-15(20)19(2)25(21,22)23-13-7-9-16-8-6-12-18(14-16)24-17-10-4-3-5-11-17/h3-6,8,10-12,14H,7,9,13H2,1-2H3,(H,21,22). The Labute approximate surface area is 147 Å². The van der Waals surface area contributed by atoms with E-state index >= 15 is 0 Å². The van der Waals surface area contributed by atoms with E-state index in [-0.39, 0.29) is 6.61 Å². The highest BCUT2D eigenvalue weighted by molar-refractivity contribution is 7.50. The summed E-state index contributed by atoms with van der Waals surface area (Å²) in [6, 6.07) is 17.1. The van der Waals surface area contributed by atoms with E-state index in [2.05, 4.69) is 0 Å². The third kappa shape index (κ3) is 6.02. The Morgan fingerprint density at radius 3 is 2.48 bits per heavy atom. The van der Waals surface area contributed by atoms with Crippen LogP contribution in [0, 0.1) is 0 Å². The van der Waals surface area contributed by atoms with Gasteiger partial charge in [0, 0.05) is 14.0 Å². The van der Waals surface area contributed by atoms with Crippen molar-refractivity contribution in [2.24, 2.45) is 0 Å². The summed E-state index contributed by atoms with van der Waals surface area (Å²) in [6.07, 6.45) is 1.21. The maximum absolute atomic E-state index is 11.8. The SMILES string of the molecule is CC(=O)N(C)P(=O)(O)OCCCc1cccc(Oc2ccccc2)c1. The minimum atomic E-state index is -4.06. The molecule has 0 fully saturated rings. The molecule has 25 heavy (non-hydrogen) atoms. The van der Waals surface area contributed by atoms with Crippen LogP contribution in [0.15, 0.2) is 54.6 Å². The zero-order valence-corrected chi connectivity index (χ0v) is 15.2. The molecule has 6 nitrogen and oxygen atoms in total. The van der Waals surface area contributed by atoms with Gasteiger partial charge >= 0.3 is 7.75 Å². The molecule has 7 heteroatoms. The van der Waals surface area contributed by atoms with Crippen LogP contribution >= 0.6 is 7.75 Å². The van der Waals surface area contributed by atoms with Crippen molar-refractivity contribution < 1.29 is 23.5 Å². The van der Waals surface area contributed by atoms with Crippen LogP contribution in [0.4, 0.5) is 0 Å². The summed E-state index contributed by atoms with van der Waals surface area (Å²) < 4.78 is 23.3. The lowest BCUT2D eigenvalue weighted by molar-refractivity contribution is -0.124. The highest BCUT2D eigenvalue weighted by Gasteiger charge is 2.28. The first kappa shape index (κ1) is 19.2. The Balaban J connectivity index is 1.84. The van der Waals surface area contributed by atoms with Crippen LogP contribution in [0.5, 0.6) is 11.5 Å². The van der Waals surface area contributed by atoms with E-state index in [1.807, 2.05) is 54.6 Å². The molecule has 0 aliphatic carbocycles. The lowest BCUT2D eigenvalue weighted by atomic mass is 10.1. The molecule has 0 saturated carbocycles. The predicted octanol–water partition coefficient (Wildman–Crippen LogP) is 4.01. The number of rotatable bonds is 8. The van der Waals surface area contributed by atoms with Crippen molar-refractivity contribution in [3.05, 3.63) is 60.2 Å². The van der Waals surface area contributed by atoms with E-state index in [0.29, 0.717) is 12.8 Å². The van der Waals surface area contributed by atoms with Crippen LogP contribution in [0.2, 0.25) is 0 Å². The number of carbonyl (C=O) groups is 1. The Hall–Kier alpha value is -2.14. The number of benzene rings is 2. The molecule has 0 aliphatic rings. The summed E-state index contributed by atoms with van der Waals surface area (Å²) in [7, 11) is -2.81. The normalized spacial score (nSPS) is 13.1. The van der Waals surface area contributed by atoms with Gasteiger partial charge in [-0.2, -0.15) is 0 Å². The third-order valence-electron chi connectivity index (χ3n) is 3.58. The van der Waals surface area contributed by atoms with Crippen molar-refractivity contribution in [3.63, 3.8) is 0 Å². The highest BCUT2D eigenvalue weighted by atomic mass is 31.2. The fourth-order valence-electron chi connectivity index (χ4n) is 2.11. The minimum Gasteiger partial charge on any atom is -0.457 e. The molecule has 0 aromatic heterocycles. The van der Waals surface area contributed by atoms with Gasteiger partial charge in [0.25, 0.3) is 0 Å². The molecule has 1 amide bonds. The van der Waals surface area contributed by atoms with Gasteiger partial charge in [-0.25, -0.2) is 4.57 Å². The average molecular weight is 363 g/mol. The smallest absolute Gasteiger partial charge is 0.434 e. The van der Waals surface area contributed by atoms with Gasteiger partial charge in [0.15, 0.2) is 0 Å². The number of para-hydroxylation sites is 1. The van der Waals surface area contributed by atoms with Gasteiger partial charge in [-0.1, -0.05) is 30.3 Å². The van der Waals surface area contributed by atoms with Crippen molar-refractivity contribution in [2.75, 3.05) is 13.7 Å². The van der Waals surface area contributed by atoms with Gasteiger partial charge < -0.3 is 9.63 Å². The maximum Gasteiger partial charge on any atom is 0.434 e. The van der Waals surface area contributed by atoms with Crippen molar-refractivity contribution in [2.45, 2.75) is 19.8 Å². The van der Waals surface area contributed by atoms with Gasteiger partial charge in [0.1, 0.15) is 11.5 Å². The second kappa shape index (κ2) is 8.81. The first-order chi connectivity index (χ1) is 11.9. The summed E-state index contributed by atoms with van der Waals surface area (Å²) in [5.41, 5.74) is 1.03. The number of hydrogen-bond donors (Lipinski definition) is 1. The van der Waals surface area contributed by atoms with Gasteiger partial charge in [0.2, 0.25) is 5.91 Å². The van der Waals surface area contributed by atoms with E-state index in [4.69, 9.17) is 9.26 Å². The van der Waals surface area contributed by atoms with E-state index in [0.717, 1.165) is 21.7 Å². The number of amides is 1. The molecule has 1 atom stereocenters. The summed E-state index contributed by atoms with van der Waals surface area (Å²) in [5, 5.41) is 0. The first-order valence-electron chi connectivity index (χ1n) is 7.92. The van der Waals surface area contributed by atoms with Crippen LogP contribution in [0.25, 0.3) is 0 Å². The average Bonchev–Trinajstić information content (AvgIpc) is 2.59. The summed E-state index contributed by atoms with van der Waals surface area (Å²) >= 11 is 0. The topological polar surface area (TPSA) is 76.1 Å². The molecule has 0 spiro atoms. The van der Waals surface area contributed by atoms with E-state index < -0.39 is 13.7 Å². The number of hydrogen-bond acceptors (Lipinski definition) is 4. The number of nitrogens with zero attached hydrogens (tertiary/aromatic N) is 1. The zero-order chi connectivity index (χ0) is 18.3. The molecule has 0 heterocycles. The molecular weight excluding hydrogens is 341 g/mol. The fraction of sp³-hybridized carbons (Fsp3) is 0.278.